The highest BCUT2D eigenvalue weighted by molar-refractivity contribution is 6.31. The Labute approximate surface area is 176 Å². The molecule has 0 saturated carbocycles. The number of anilines is 2. The maximum Gasteiger partial charge on any atom is 0.241 e. The van der Waals surface area contributed by atoms with Gasteiger partial charge in [-0.1, -0.05) is 29.8 Å². The molecule has 2 aromatic carbocycles. The lowest BCUT2D eigenvalue weighted by atomic mass is 9.95. The molecule has 0 aliphatic carbocycles. The first-order chi connectivity index (χ1) is 14.0. The topological polar surface area (TPSA) is 70.7 Å². The number of ether oxygens (including phenoxy) is 1. The summed E-state index contributed by atoms with van der Waals surface area (Å²) in [6, 6.07) is 14.1. The monoisotopic (exact) mass is 415 g/mol. The van der Waals surface area contributed by atoms with E-state index in [-0.39, 0.29) is 23.8 Å². The molecule has 1 fully saturated rings. The van der Waals surface area contributed by atoms with Gasteiger partial charge in [-0.05, 0) is 56.6 Å². The van der Waals surface area contributed by atoms with Crippen LogP contribution in [-0.2, 0) is 9.59 Å². The number of likely N-dealkylation sites (tertiary alicyclic amines) is 1. The van der Waals surface area contributed by atoms with Crippen LogP contribution in [0, 0.1) is 5.92 Å². The molecule has 6 nitrogen and oxygen atoms in total. The van der Waals surface area contributed by atoms with Crippen molar-refractivity contribution in [2.24, 2.45) is 5.92 Å². The minimum absolute atomic E-state index is 0.00924. The van der Waals surface area contributed by atoms with E-state index in [0.717, 1.165) is 25.1 Å². The molecule has 1 saturated heterocycles. The lowest BCUT2D eigenvalue weighted by Gasteiger charge is -2.35. The van der Waals surface area contributed by atoms with Crippen molar-refractivity contribution in [3.05, 3.63) is 53.6 Å². The number of para-hydroxylation sites is 1. The number of piperidine rings is 1. The SMILES string of the molecule is COc1ccc(Cl)cc1NC(=O)[C@H](C)N1CCC[C@@H](C(=O)Nc2ccccc2)C1. The highest BCUT2D eigenvalue weighted by atomic mass is 35.5. The molecule has 1 heterocycles. The lowest BCUT2D eigenvalue weighted by Crippen LogP contribution is -2.49. The molecule has 1 aliphatic heterocycles. The Morgan fingerprint density at radius 3 is 2.66 bits per heavy atom. The van der Waals surface area contributed by atoms with Crippen LogP contribution in [0.5, 0.6) is 5.75 Å². The molecule has 0 radical (unpaired) electrons. The second-order valence-electron chi connectivity index (χ2n) is 7.20. The number of halogens is 1. The fourth-order valence-corrected chi connectivity index (χ4v) is 3.69. The standard InChI is InChI=1S/C22H26ClN3O3/c1-15(21(27)25-19-13-17(23)10-11-20(19)29-2)26-12-6-7-16(14-26)22(28)24-18-8-4-3-5-9-18/h3-5,8-11,13,15-16H,6-7,12,14H2,1-2H3,(H,24,28)(H,25,27)/t15-,16+/m0/s1. The first-order valence-corrected chi connectivity index (χ1v) is 10.1. The molecular weight excluding hydrogens is 390 g/mol. The third-order valence-corrected chi connectivity index (χ3v) is 5.45. The molecule has 154 valence electrons. The summed E-state index contributed by atoms with van der Waals surface area (Å²) in [5.41, 5.74) is 1.32. The van der Waals surface area contributed by atoms with Gasteiger partial charge in [0.05, 0.1) is 24.8 Å². The van der Waals surface area contributed by atoms with Gasteiger partial charge in [0, 0.05) is 17.3 Å². The van der Waals surface area contributed by atoms with Crippen LogP contribution in [0.3, 0.4) is 0 Å². The number of hydrogen-bond acceptors (Lipinski definition) is 4. The summed E-state index contributed by atoms with van der Waals surface area (Å²) in [5.74, 6) is 0.230. The van der Waals surface area contributed by atoms with E-state index >= 15 is 0 Å². The highest BCUT2D eigenvalue weighted by Gasteiger charge is 2.31. The molecule has 2 amide bonds. The van der Waals surface area contributed by atoms with Gasteiger partial charge in [0.15, 0.2) is 0 Å². The molecule has 0 unspecified atom stereocenters. The van der Waals surface area contributed by atoms with E-state index in [1.54, 1.807) is 25.3 Å². The lowest BCUT2D eigenvalue weighted by molar-refractivity contribution is -0.125. The van der Waals surface area contributed by atoms with Gasteiger partial charge in [-0.25, -0.2) is 0 Å². The summed E-state index contributed by atoms with van der Waals surface area (Å²) in [4.78, 5) is 27.5. The average Bonchev–Trinajstić information content (AvgIpc) is 2.74. The second-order valence-corrected chi connectivity index (χ2v) is 7.64. The van der Waals surface area contributed by atoms with Gasteiger partial charge >= 0.3 is 0 Å². The van der Waals surface area contributed by atoms with Gasteiger partial charge in [-0.3, -0.25) is 14.5 Å². The van der Waals surface area contributed by atoms with Crippen molar-refractivity contribution in [3.63, 3.8) is 0 Å². The number of benzene rings is 2. The Hall–Kier alpha value is -2.57. The van der Waals surface area contributed by atoms with Gasteiger partial charge in [-0.15, -0.1) is 0 Å². The summed E-state index contributed by atoms with van der Waals surface area (Å²) in [6.07, 6.45) is 1.68. The quantitative estimate of drug-likeness (QED) is 0.747. The Morgan fingerprint density at radius 1 is 1.17 bits per heavy atom. The zero-order valence-corrected chi connectivity index (χ0v) is 17.4. The van der Waals surface area contributed by atoms with Crippen molar-refractivity contribution in [2.45, 2.75) is 25.8 Å². The summed E-state index contributed by atoms with van der Waals surface area (Å²) in [6.45, 7) is 3.17. The number of amides is 2. The normalized spacial score (nSPS) is 18.0. The zero-order chi connectivity index (χ0) is 20.8. The van der Waals surface area contributed by atoms with Crippen molar-refractivity contribution >= 4 is 34.8 Å². The summed E-state index contributed by atoms with van der Waals surface area (Å²) < 4.78 is 5.29. The predicted octanol–water partition coefficient (Wildman–Crippen LogP) is 4.03. The average molecular weight is 416 g/mol. The second kappa shape index (κ2) is 9.76. The number of carbonyl (C=O) groups excluding carboxylic acids is 2. The van der Waals surface area contributed by atoms with Crippen molar-refractivity contribution < 1.29 is 14.3 Å². The van der Waals surface area contributed by atoms with Crippen molar-refractivity contribution in [1.29, 1.82) is 0 Å². The fourth-order valence-electron chi connectivity index (χ4n) is 3.52. The molecule has 0 aromatic heterocycles. The molecule has 0 spiro atoms. The molecule has 2 atom stereocenters. The molecule has 2 N–H and O–H groups in total. The predicted molar refractivity (Wildman–Crippen MR) is 115 cm³/mol. The Kier molecular flexibility index (Phi) is 7.12. The Morgan fingerprint density at radius 2 is 1.93 bits per heavy atom. The van der Waals surface area contributed by atoms with Crippen LogP contribution >= 0.6 is 11.6 Å². The number of hydrogen-bond donors (Lipinski definition) is 2. The van der Waals surface area contributed by atoms with Crippen LogP contribution in [0.4, 0.5) is 11.4 Å². The fraction of sp³-hybridized carbons (Fsp3) is 0.364. The molecule has 3 rings (SSSR count). The largest absolute Gasteiger partial charge is 0.495 e. The minimum Gasteiger partial charge on any atom is -0.495 e. The summed E-state index contributed by atoms with van der Waals surface area (Å²) in [5, 5.41) is 6.37. The number of nitrogens with zero attached hydrogens (tertiary/aromatic N) is 1. The molecule has 7 heteroatoms. The van der Waals surface area contributed by atoms with Crippen LogP contribution in [0.2, 0.25) is 5.02 Å². The van der Waals surface area contributed by atoms with Crippen molar-refractivity contribution in [2.75, 3.05) is 30.8 Å². The van der Waals surface area contributed by atoms with Crippen LogP contribution in [0.1, 0.15) is 19.8 Å². The first kappa shape index (κ1) is 21.1. The van der Waals surface area contributed by atoms with Crippen LogP contribution in [-0.4, -0.2) is 43.0 Å². The van der Waals surface area contributed by atoms with Crippen molar-refractivity contribution in [3.8, 4) is 5.75 Å². The van der Waals surface area contributed by atoms with E-state index in [4.69, 9.17) is 16.3 Å². The maximum absolute atomic E-state index is 12.8. The first-order valence-electron chi connectivity index (χ1n) is 9.72. The van der Waals surface area contributed by atoms with E-state index in [9.17, 15) is 9.59 Å². The van der Waals surface area contributed by atoms with Crippen LogP contribution in [0.25, 0.3) is 0 Å². The molecular formula is C22H26ClN3O3. The van der Waals surface area contributed by atoms with Gasteiger partial charge in [-0.2, -0.15) is 0 Å². The number of rotatable bonds is 6. The molecule has 2 aromatic rings. The van der Waals surface area contributed by atoms with Crippen LogP contribution in [0.15, 0.2) is 48.5 Å². The molecule has 0 bridgehead atoms. The third kappa shape index (κ3) is 5.49. The molecule has 1 aliphatic rings. The third-order valence-electron chi connectivity index (χ3n) is 5.21. The Balaban J connectivity index is 1.61. The summed E-state index contributed by atoms with van der Waals surface area (Å²) >= 11 is 6.04. The highest BCUT2D eigenvalue weighted by Crippen LogP contribution is 2.28. The number of nitrogens with one attached hydrogen (secondary N) is 2. The van der Waals surface area contributed by atoms with Gasteiger partial charge in [0.1, 0.15) is 5.75 Å². The zero-order valence-electron chi connectivity index (χ0n) is 16.7. The van der Waals surface area contributed by atoms with Crippen LogP contribution < -0.4 is 15.4 Å². The smallest absolute Gasteiger partial charge is 0.241 e. The molecule has 29 heavy (non-hydrogen) atoms. The van der Waals surface area contributed by atoms with Crippen molar-refractivity contribution in [1.82, 2.24) is 4.90 Å². The van der Waals surface area contributed by atoms with Gasteiger partial charge in [0.2, 0.25) is 11.8 Å². The van der Waals surface area contributed by atoms with E-state index in [1.165, 1.54) is 0 Å². The maximum atomic E-state index is 12.8. The Bertz CT molecular complexity index is 860. The van der Waals surface area contributed by atoms with E-state index in [2.05, 4.69) is 10.6 Å². The van der Waals surface area contributed by atoms with E-state index < -0.39 is 0 Å². The van der Waals surface area contributed by atoms with E-state index in [0.29, 0.717) is 23.0 Å². The number of carbonyl (C=O) groups is 2. The van der Waals surface area contributed by atoms with Gasteiger partial charge in [0.25, 0.3) is 0 Å². The van der Waals surface area contributed by atoms with Gasteiger partial charge < -0.3 is 15.4 Å². The number of methoxy groups -OCH3 is 1. The summed E-state index contributed by atoms with van der Waals surface area (Å²) in [7, 11) is 1.54. The minimum atomic E-state index is -0.383. The van der Waals surface area contributed by atoms with E-state index in [1.807, 2.05) is 42.2 Å².